The minimum absolute atomic E-state index is 0.00623. The summed E-state index contributed by atoms with van der Waals surface area (Å²) in [6.45, 7) is 8.56. The number of carbonyl (C=O) groups is 1. The number of hydrogen-bond acceptors (Lipinski definition) is 8. The number of hydrogen-bond donors (Lipinski definition) is 1. The number of rotatable bonds is 12. The van der Waals surface area contributed by atoms with Gasteiger partial charge in [0.2, 0.25) is 5.91 Å². The molecule has 1 fully saturated rings. The Kier molecular flexibility index (Phi) is 9.76. The molecule has 13 heteroatoms. The van der Waals surface area contributed by atoms with Gasteiger partial charge in [-0.25, -0.2) is 23.3 Å². The van der Waals surface area contributed by atoms with Gasteiger partial charge in [0.1, 0.15) is 29.9 Å². The summed E-state index contributed by atoms with van der Waals surface area (Å²) in [5, 5.41) is 5.03. The van der Waals surface area contributed by atoms with E-state index in [0.717, 1.165) is 6.20 Å². The molecule has 5 rings (SSSR count). The van der Waals surface area contributed by atoms with Gasteiger partial charge >= 0.3 is 0 Å². The fourth-order valence-corrected chi connectivity index (χ4v) is 5.91. The number of nitrogens with zero attached hydrogens (tertiary/aromatic N) is 5. The van der Waals surface area contributed by atoms with Gasteiger partial charge in [-0.05, 0) is 57.5 Å². The van der Waals surface area contributed by atoms with E-state index in [0.29, 0.717) is 58.9 Å². The average molecular weight is 629 g/mol. The molecule has 2 N–H and O–H groups in total. The summed E-state index contributed by atoms with van der Waals surface area (Å²) in [4.78, 5) is 20.4. The first-order chi connectivity index (χ1) is 21.1. The van der Waals surface area contributed by atoms with Crippen LogP contribution in [0.5, 0.6) is 5.75 Å². The van der Waals surface area contributed by atoms with E-state index in [1.54, 1.807) is 11.0 Å². The number of fused-ring (bicyclic) bond motifs is 1. The second-order valence-electron chi connectivity index (χ2n) is 10.5. The maximum Gasteiger partial charge on any atom is 0.231 e. The lowest BCUT2D eigenvalue weighted by atomic mass is 10.00. The summed E-state index contributed by atoms with van der Waals surface area (Å²) in [5.41, 5.74) is 8.62. The molecule has 44 heavy (non-hydrogen) atoms. The number of primary amides is 1. The second-order valence-corrected chi connectivity index (χ2v) is 10.9. The van der Waals surface area contributed by atoms with Crippen molar-refractivity contribution in [1.29, 1.82) is 0 Å². The van der Waals surface area contributed by atoms with E-state index in [9.17, 15) is 13.6 Å². The highest BCUT2D eigenvalue weighted by atomic mass is 35.5. The first-order valence-corrected chi connectivity index (χ1v) is 14.7. The van der Waals surface area contributed by atoms with Crippen LogP contribution in [0.25, 0.3) is 16.6 Å². The Balaban J connectivity index is 1.49. The summed E-state index contributed by atoms with van der Waals surface area (Å²) in [5.74, 6) is -1.00. The quantitative estimate of drug-likeness (QED) is 0.231. The number of pyridine rings is 1. The Morgan fingerprint density at radius 2 is 1.93 bits per heavy atom. The van der Waals surface area contributed by atoms with E-state index in [1.807, 2.05) is 50.8 Å². The van der Waals surface area contributed by atoms with E-state index >= 15 is 0 Å². The van der Waals surface area contributed by atoms with Crippen LogP contribution >= 0.6 is 11.6 Å². The lowest BCUT2D eigenvalue weighted by molar-refractivity contribution is -0.155. The zero-order valence-corrected chi connectivity index (χ0v) is 25.7. The van der Waals surface area contributed by atoms with Gasteiger partial charge in [-0.15, -0.1) is 0 Å². The smallest absolute Gasteiger partial charge is 0.231 e. The zero-order chi connectivity index (χ0) is 31.5. The van der Waals surface area contributed by atoms with Crippen molar-refractivity contribution >= 4 is 28.4 Å². The molecule has 234 valence electrons. The van der Waals surface area contributed by atoms with Gasteiger partial charge in [-0.2, -0.15) is 5.10 Å². The van der Waals surface area contributed by atoms with Crippen molar-refractivity contribution in [2.24, 2.45) is 5.73 Å². The van der Waals surface area contributed by atoms with Crippen LogP contribution in [-0.4, -0.2) is 69.4 Å². The van der Waals surface area contributed by atoms with Crippen molar-refractivity contribution in [3.05, 3.63) is 82.3 Å². The van der Waals surface area contributed by atoms with Crippen LogP contribution in [0, 0.1) is 18.6 Å². The summed E-state index contributed by atoms with van der Waals surface area (Å²) >= 11 is 6.65. The fraction of sp³-hybridized carbons (Fsp3) is 0.387. The molecule has 0 aliphatic carbocycles. The van der Waals surface area contributed by atoms with E-state index in [2.05, 4.69) is 5.10 Å². The standard InChI is InChI=1S/C31H35ClF2N6O4/c1-5-42-29-16-38(31(43-6-2)39(29)15-28(35)41)19(4)23-11-20(33)12-25(32)24(23)17-44-27-9-7-8-22-26(10-18(3)37-30(22)27)40-14-21(34)13-36-40/h7-14,19,29,31H,5-6,15-17H2,1-4H3,(H2,35,41). The van der Waals surface area contributed by atoms with E-state index < -0.39 is 36.2 Å². The molecule has 10 nitrogen and oxygen atoms in total. The highest BCUT2D eigenvalue weighted by Crippen LogP contribution is 2.37. The number of ether oxygens (including phenoxy) is 3. The maximum absolute atomic E-state index is 14.9. The lowest BCUT2D eigenvalue weighted by Gasteiger charge is -2.34. The third-order valence-electron chi connectivity index (χ3n) is 7.54. The number of aromatic nitrogens is 3. The predicted octanol–water partition coefficient (Wildman–Crippen LogP) is 5.09. The van der Waals surface area contributed by atoms with Crippen LogP contribution in [0.3, 0.4) is 0 Å². The van der Waals surface area contributed by atoms with Gasteiger partial charge in [0.15, 0.2) is 12.2 Å². The van der Waals surface area contributed by atoms with E-state index in [-0.39, 0.29) is 18.2 Å². The zero-order valence-electron chi connectivity index (χ0n) is 25.0. The number of carbonyl (C=O) groups excluding carboxylic acids is 1. The molecule has 2 aromatic heterocycles. The van der Waals surface area contributed by atoms with Gasteiger partial charge in [0.25, 0.3) is 0 Å². The van der Waals surface area contributed by atoms with Crippen molar-refractivity contribution in [3.63, 3.8) is 0 Å². The molecule has 0 saturated carbocycles. The third-order valence-corrected chi connectivity index (χ3v) is 7.88. The molecule has 3 atom stereocenters. The Morgan fingerprint density at radius 3 is 2.61 bits per heavy atom. The molecule has 4 aromatic rings. The number of para-hydroxylation sites is 1. The Bertz CT molecular complexity index is 1650. The minimum atomic E-state index is -0.648. The van der Waals surface area contributed by atoms with Crippen LogP contribution in [0.2, 0.25) is 5.02 Å². The van der Waals surface area contributed by atoms with Gasteiger partial charge < -0.3 is 19.9 Å². The van der Waals surface area contributed by atoms with Gasteiger partial charge in [0, 0.05) is 42.4 Å². The summed E-state index contributed by atoms with van der Waals surface area (Å²) in [7, 11) is 0. The minimum Gasteiger partial charge on any atom is -0.487 e. The van der Waals surface area contributed by atoms with Crippen LogP contribution in [0.4, 0.5) is 8.78 Å². The largest absolute Gasteiger partial charge is 0.487 e. The van der Waals surface area contributed by atoms with Gasteiger partial charge in [-0.1, -0.05) is 23.7 Å². The number of halogens is 3. The van der Waals surface area contributed by atoms with Crippen molar-refractivity contribution in [1.82, 2.24) is 24.6 Å². The topological polar surface area (TPSA) is 108 Å². The number of aryl methyl sites for hydroxylation is 1. The molecule has 1 aliphatic rings. The molecule has 3 heterocycles. The van der Waals surface area contributed by atoms with Gasteiger partial charge in [0.05, 0.1) is 29.6 Å². The Hall–Kier alpha value is -3.68. The van der Waals surface area contributed by atoms with Crippen molar-refractivity contribution < 1.29 is 27.8 Å². The summed E-state index contributed by atoms with van der Waals surface area (Å²) in [6.07, 6.45) is 1.33. The molecule has 2 aromatic carbocycles. The van der Waals surface area contributed by atoms with Gasteiger partial charge in [-0.3, -0.25) is 9.69 Å². The third kappa shape index (κ3) is 6.54. The molecule has 0 spiro atoms. The molecule has 1 amide bonds. The van der Waals surface area contributed by atoms with Crippen LogP contribution in [-0.2, 0) is 20.9 Å². The highest BCUT2D eigenvalue weighted by Gasteiger charge is 2.44. The maximum atomic E-state index is 14.9. The first-order valence-electron chi connectivity index (χ1n) is 14.4. The molecular weight excluding hydrogens is 594 g/mol. The van der Waals surface area contributed by atoms with E-state index in [4.69, 9.17) is 36.5 Å². The number of benzene rings is 2. The molecular formula is C31H35ClF2N6O4. The van der Waals surface area contributed by atoms with E-state index in [1.165, 1.54) is 23.0 Å². The van der Waals surface area contributed by atoms with Crippen LogP contribution < -0.4 is 10.5 Å². The monoisotopic (exact) mass is 628 g/mol. The Morgan fingerprint density at radius 1 is 1.16 bits per heavy atom. The molecule has 3 unspecified atom stereocenters. The van der Waals surface area contributed by atoms with Crippen molar-refractivity contribution in [2.75, 3.05) is 26.3 Å². The molecule has 0 radical (unpaired) electrons. The van der Waals surface area contributed by atoms with Crippen LogP contribution in [0.15, 0.2) is 48.8 Å². The first kappa shape index (κ1) is 31.7. The lowest BCUT2D eigenvalue weighted by Crippen LogP contribution is -2.47. The van der Waals surface area contributed by atoms with Crippen molar-refractivity contribution in [2.45, 2.75) is 52.9 Å². The molecule has 0 bridgehead atoms. The Labute approximate surface area is 259 Å². The number of nitrogens with two attached hydrogens (primary N) is 1. The second kappa shape index (κ2) is 13.5. The highest BCUT2D eigenvalue weighted by molar-refractivity contribution is 6.31. The normalized spacial score (nSPS) is 18.2. The fourth-order valence-electron chi connectivity index (χ4n) is 5.64. The summed E-state index contributed by atoms with van der Waals surface area (Å²) in [6, 6.07) is 9.52. The summed E-state index contributed by atoms with van der Waals surface area (Å²) < 4.78 is 48.4. The average Bonchev–Trinajstić information content (AvgIpc) is 3.55. The predicted molar refractivity (Wildman–Crippen MR) is 161 cm³/mol. The SMILES string of the molecule is CCOC1CN(C(C)c2cc(F)cc(Cl)c2COc2cccc3c(-n4cc(F)cn4)cc(C)nc23)C(OCC)N1CC(N)=O. The molecule has 1 saturated heterocycles. The van der Waals surface area contributed by atoms with Crippen LogP contribution in [0.1, 0.15) is 43.6 Å². The number of amides is 1. The van der Waals surface area contributed by atoms with Crippen molar-refractivity contribution in [3.8, 4) is 11.4 Å². The molecule has 1 aliphatic heterocycles.